The van der Waals surface area contributed by atoms with Crippen LogP contribution in [0.25, 0.3) is 11.0 Å². The smallest absolute Gasteiger partial charge is 0.336 e. The van der Waals surface area contributed by atoms with E-state index in [9.17, 15) is 9.18 Å². The fraction of sp³-hybridized carbons (Fsp3) is 0.348. The highest BCUT2D eigenvalue weighted by atomic mass is 19.1. The molecule has 1 aromatic heterocycles. The number of rotatable bonds is 5. The zero-order chi connectivity index (χ0) is 19.7. The Morgan fingerprint density at radius 1 is 1.18 bits per heavy atom. The lowest BCUT2D eigenvalue weighted by molar-refractivity contribution is 0.0959. The van der Waals surface area contributed by atoms with Crippen molar-refractivity contribution in [3.8, 4) is 5.75 Å². The minimum absolute atomic E-state index is 0.204. The monoisotopic (exact) mass is 381 g/mol. The van der Waals surface area contributed by atoms with Gasteiger partial charge in [0.25, 0.3) is 0 Å². The Morgan fingerprint density at radius 2 is 2.04 bits per heavy atom. The molecule has 0 spiro atoms. The van der Waals surface area contributed by atoms with Crippen LogP contribution in [0, 0.1) is 12.7 Å². The predicted octanol–water partition coefficient (Wildman–Crippen LogP) is 4.59. The minimum Gasteiger partial charge on any atom is -0.477 e. The minimum atomic E-state index is -0.313. The van der Waals surface area contributed by atoms with Gasteiger partial charge in [-0.25, -0.2) is 9.18 Å². The van der Waals surface area contributed by atoms with Crippen LogP contribution >= 0.6 is 0 Å². The maximum atomic E-state index is 13.4. The summed E-state index contributed by atoms with van der Waals surface area (Å²) in [6.07, 6.45) is 2.56. The molecule has 1 aliphatic rings. The highest BCUT2D eigenvalue weighted by Crippen LogP contribution is 2.35. The molecule has 0 aliphatic carbocycles. The van der Waals surface area contributed by atoms with Crippen LogP contribution in [-0.4, -0.2) is 18.2 Å². The molecule has 0 bridgehead atoms. The first-order valence-corrected chi connectivity index (χ1v) is 9.74. The summed E-state index contributed by atoms with van der Waals surface area (Å²) >= 11 is 0. The van der Waals surface area contributed by atoms with Crippen molar-refractivity contribution >= 4 is 11.0 Å². The summed E-state index contributed by atoms with van der Waals surface area (Å²) in [5, 5.41) is 0.994. The Bertz CT molecular complexity index is 1070. The molecule has 2 aromatic carbocycles. The highest BCUT2D eigenvalue weighted by Gasteiger charge is 2.22. The summed E-state index contributed by atoms with van der Waals surface area (Å²) < 4.78 is 24.9. The first-order valence-electron chi connectivity index (χ1n) is 9.74. The van der Waals surface area contributed by atoms with Crippen LogP contribution in [0.15, 0.2) is 45.6 Å². The second kappa shape index (κ2) is 7.76. The van der Waals surface area contributed by atoms with Crippen molar-refractivity contribution in [1.29, 1.82) is 0 Å². The van der Waals surface area contributed by atoms with Gasteiger partial charge in [0, 0.05) is 35.7 Å². The van der Waals surface area contributed by atoms with E-state index < -0.39 is 0 Å². The van der Waals surface area contributed by atoms with Crippen LogP contribution in [-0.2, 0) is 19.4 Å². The molecule has 4 nitrogen and oxygen atoms in total. The van der Waals surface area contributed by atoms with Gasteiger partial charge in [-0.15, -0.1) is 0 Å². The molecule has 0 unspecified atom stereocenters. The lowest BCUT2D eigenvalue weighted by Gasteiger charge is -2.30. The van der Waals surface area contributed by atoms with Crippen LogP contribution in [0.1, 0.15) is 35.6 Å². The molecular formula is C23H24FNO3. The van der Waals surface area contributed by atoms with E-state index >= 15 is 0 Å². The zero-order valence-corrected chi connectivity index (χ0v) is 16.3. The number of benzene rings is 2. The molecule has 5 heteroatoms. The third-order valence-electron chi connectivity index (χ3n) is 5.29. The second-order valence-corrected chi connectivity index (χ2v) is 7.41. The predicted molar refractivity (Wildman–Crippen MR) is 107 cm³/mol. The highest BCUT2D eigenvalue weighted by molar-refractivity contribution is 5.86. The summed E-state index contributed by atoms with van der Waals surface area (Å²) in [4.78, 5) is 14.2. The number of hydrogen-bond donors (Lipinski definition) is 0. The Kier molecular flexibility index (Phi) is 5.18. The fourth-order valence-electron chi connectivity index (χ4n) is 3.93. The molecule has 3 aromatic rings. The molecule has 0 radical (unpaired) electrons. The van der Waals surface area contributed by atoms with E-state index in [-0.39, 0.29) is 11.4 Å². The van der Waals surface area contributed by atoms with Gasteiger partial charge in [0.05, 0.1) is 0 Å². The van der Waals surface area contributed by atoms with Crippen molar-refractivity contribution in [3.63, 3.8) is 0 Å². The van der Waals surface area contributed by atoms with E-state index in [0.29, 0.717) is 12.3 Å². The normalized spacial score (nSPS) is 14.1. The molecule has 0 fully saturated rings. The Balaban J connectivity index is 1.61. The molecule has 2 heterocycles. The Labute approximate surface area is 163 Å². The number of hydrogen-bond acceptors (Lipinski definition) is 4. The first kappa shape index (κ1) is 18.7. The van der Waals surface area contributed by atoms with Crippen molar-refractivity contribution in [2.45, 2.75) is 39.7 Å². The SMILES string of the molecule is CCCc1cc(=O)oc2c(C)c3c(cc12)CN(CCc1cccc(F)c1)CO3. The third-order valence-corrected chi connectivity index (χ3v) is 5.29. The van der Waals surface area contributed by atoms with E-state index in [1.807, 2.05) is 13.0 Å². The molecule has 0 amide bonds. The maximum absolute atomic E-state index is 13.4. The molecular weight excluding hydrogens is 357 g/mol. The number of halogens is 1. The van der Waals surface area contributed by atoms with Gasteiger partial charge in [-0.2, -0.15) is 0 Å². The Hall–Kier alpha value is -2.66. The maximum Gasteiger partial charge on any atom is 0.336 e. The van der Waals surface area contributed by atoms with Crippen molar-refractivity contribution in [3.05, 3.63) is 74.9 Å². The van der Waals surface area contributed by atoms with Crippen molar-refractivity contribution in [1.82, 2.24) is 4.90 Å². The van der Waals surface area contributed by atoms with Gasteiger partial charge >= 0.3 is 5.63 Å². The Morgan fingerprint density at radius 3 is 2.82 bits per heavy atom. The molecule has 1 aliphatic heterocycles. The lowest BCUT2D eigenvalue weighted by Crippen LogP contribution is -2.34. The molecule has 28 heavy (non-hydrogen) atoms. The summed E-state index contributed by atoms with van der Waals surface area (Å²) in [5.74, 6) is 0.607. The molecule has 146 valence electrons. The topological polar surface area (TPSA) is 42.7 Å². The summed E-state index contributed by atoms with van der Waals surface area (Å²) in [7, 11) is 0. The second-order valence-electron chi connectivity index (χ2n) is 7.41. The van der Waals surface area contributed by atoms with E-state index in [1.54, 1.807) is 18.2 Å². The van der Waals surface area contributed by atoms with Crippen molar-refractivity contribution in [2.24, 2.45) is 0 Å². The number of nitrogens with zero attached hydrogens (tertiary/aromatic N) is 1. The number of ether oxygens (including phenoxy) is 1. The quantitative estimate of drug-likeness (QED) is 0.607. The van der Waals surface area contributed by atoms with Crippen LogP contribution in [0.3, 0.4) is 0 Å². The zero-order valence-electron chi connectivity index (χ0n) is 16.3. The summed E-state index contributed by atoms with van der Waals surface area (Å²) in [6, 6.07) is 10.4. The molecule has 0 saturated carbocycles. The van der Waals surface area contributed by atoms with E-state index in [4.69, 9.17) is 9.15 Å². The largest absolute Gasteiger partial charge is 0.477 e. The van der Waals surface area contributed by atoms with Crippen molar-refractivity contribution in [2.75, 3.05) is 13.3 Å². The lowest BCUT2D eigenvalue weighted by atomic mass is 9.98. The van der Waals surface area contributed by atoms with E-state index in [0.717, 1.165) is 65.7 Å². The first-order chi connectivity index (χ1) is 13.5. The van der Waals surface area contributed by atoms with E-state index in [1.165, 1.54) is 6.07 Å². The van der Waals surface area contributed by atoms with Gasteiger partial charge in [-0.3, -0.25) is 4.90 Å². The number of fused-ring (bicyclic) bond motifs is 2. The van der Waals surface area contributed by atoms with Crippen molar-refractivity contribution < 1.29 is 13.5 Å². The molecule has 4 rings (SSSR count). The third kappa shape index (κ3) is 3.67. The molecule has 0 atom stereocenters. The van der Waals surface area contributed by atoms with E-state index in [2.05, 4.69) is 17.9 Å². The fourth-order valence-corrected chi connectivity index (χ4v) is 3.93. The standard InChI is InChI=1S/C23H24FNO3/c1-3-5-17-12-21(26)28-23-15(2)22-18(11-20(17)23)13-25(14-27-22)9-8-16-6-4-7-19(24)10-16/h4,6-7,10-12H,3,5,8-9,13-14H2,1-2H3. The van der Waals surface area contributed by atoms with Crippen LogP contribution in [0.4, 0.5) is 4.39 Å². The molecule has 0 N–H and O–H groups in total. The average molecular weight is 381 g/mol. The summed E-state index contributed by atoms with van der Waals surface area (Å²) in [5.41, 5.74) is 4.30. The van der Waals surface area contributed by atoms with Crippen LogP contribution in [0.2, 0.25) is 0 Å². The van der Waals surface area contributed by atoms with Gasteiger partial charge in [-0.1, -0.05) is 25.5 Å². The van der Waals surface area contributed by atoms with Crippen LogP contribution in [0.5, 0.6) is 5.75 Å². The van der Waals surface area contributed by atoms with Crippen LogP contribution < -0.4 is 10.4 Å². The van der Waals surface area contributed by atoms with Gasteiger partial charge in [0.1, 0.15) is 23.9 Å². The summed E-state index contributed by atoms with van der Waals surface area (Å²) in [6.45, 7) is 6.05. The molecule has 0 saturated heterocycles. The van der Waals surface area contributed by atoms with Gasteiger partial charge in [-0.05, 0) is 49.1 Å². The average Bonchev–Trinajstić information content (AvgIpc) is 2.67. The van der Waals surface area contributed by atoms with Gasteiger partial charge in [0.2, 0.25) is 0 Å². The number of aryl methyl sites for hydroxylation is 2. The van der Waals surface area contributed by atoms with Gasteiger partial charge < -0.3 is 9.15 Å². The van der Waals surface area contributed by atoms with Gasteiger partial charge in [0.15, 0.2) is 0 Å².